The van der Waals surface area contributed by atoms with Crippen molar-refractivity contribution in [1.29, 1.82) is 0 Å². The molecule has 18 heavy (non-hydrogen) atoms. The summed E-state index contributed by atoms with van der Waals surface area (Å²) in [7, 11) is 0. The molecule has 0 radical (unpaired) electrons. The molecule has 1 saturated heterocycles. The third-order valence-electron chi connectivity index (χ3n) is 3.79. The largest absolute Gasteiger partial charge is 0.336 e. The van der Waals surface area contributed by atoms with Crippen molar-refractivity contribution in [1.82, 2.24) is 4.90 Å². The van der Waals surface area contributed by atoms with E-state index in [1.54, 1.807) is 6.92 Å². The standard InChI is InChI=1S/C14H18N2O2/c1-10(15-18)13-8-14(17)16(9-13)11(2)12-6-4-3-5-7-12/h3-7,10-11,13H,8-9H2,1-2H3/t10?,11-,13-/m1/s1. The molecule has 0 aromatic heterocycles. The van der Waals surface area contributed by atoms with Gasteiger partial charge in [-0.1, -0.05) is 35.5 Å². The average molecular weight is 246 g/mol. The predicted molar refractivity (Wildman–Crippen MR) is 69.9 cm³/mol. The van der Waals surface area contributed by atoms with Gasteiger partial charge in [0.25, 0.3) is 0 Å². The van der Waals surface area contributed by atoms with Gasteiger partial charge >= 0.3 is 0 Å². The molecule has 96 valence electrons. The molecule has 1 fully saturated rings. The van der Waals surface area contributed by atoms with Crippen molar-refractivity contribution >= 4 is 5.91 Å². The van der Waals surface area contributed by atoms with Crippen LogP contribution in [0.25, 0.3) is 0 Å². The number of benzene rings is 1. The lowest BCUT2D eigenvalue weighted by molar-refractivity contribution is -0.129. The summed E-state index contributed by atoms with van der Waals surface area (Å²) in [5, 5.41) is 3.04. The minimum Gasteiger partial charge on any atom is -0.336 e. The normalized spacial score (nSPS) is 22.9. The van der Waals surface area contributed by atoms with Crippen LogP contribution in [0.1, 0.15) is 31.9 Å². The van der Waals surface area contributed by atoms with Crippen molar-refractivity contribution in [3.05, 3.63) is 40.8 Å². The Morgan fingerprint density at radius 1 is 1.28 bits per heavy atom. The number of likely N-dealkylation sites (tertiary alicyclic amines) is 1. The summed E-state index contributed by atoms with van der Waals surface area (Å²) in [6.45, 7) is 4.43. The molecular formula is C14H18N2O2. The smallest absolute Gasteiger partial charge is 0.223 e. The van der Waals surface area contributed by atoms with Gasteiger partial charge in [0.2, 0.25) is 5.91 Å². The maximum Gasteiger partial charge on any atom is 0.223 e. The molecule has 4 heteroatoms. The van der Waals surface area contributed by atoms with Gasteiger partial charge in [0, 0.05) is 18.9 Å². The predicted octanol–water partition coefficient (Wildman–Crippen LogP) is 2.75. The molecule has 0 bridgehead atoms. The van der Waals surface area contributed by atoms with Crippen LogP contribution in [0.5, 0.6) is 0 Å². The molecule has 1 aromatic carbocycles. The van der Waals surface area contributed by atoms with Gasteiger partial charge in [-0.05, 0) is 19.4 Å². The van der Waals surface area contributed by atoms with E-state index in [1.165, 1.54) is 0 Å². The van der Waals surface area contributed by atoms with Crippen LogP contribution >= 0.6 is 0 Å². The van der Waals surface area contributed by atoms with Gasteiger partial charge in [-0.3, -0.25) is 4.79 Å². The zero-order valence-electron chi connectivity index (χ0n) is 10.7. The van der Waals surface area contributed by atoms with Crippen LogP contribution in [0.2, 0.25) is 0 Å². The molecule has 1 aromatic rings. The molecule has 1 amide bonds. The number of carbonyl (C=O) groups is 1. The Bertz CT molecular complexity index is 433. The first-order valence-electron chi connectivity index (χ1n) is 6.30. The van der Waals surface area contributed by atoms with Crippen LogP contribution in [0, 0.1) is 10.8 Å². The van der Waals surface area contributed by atoms with E-state index in [2.05, 4.69) is 5.18 Å². The molecule has 0 spiro atoms. The van der Waals surface area contributed by atoms with Crippen LogP contribution in [-0.2, 0) is 4.79 Å². The molecule has 1 unspecified atom stereocenters. The van der Waals surface area contributed by atoms with Crippen molar-refractivity contribution in [3.8, 4) is 0 Å². The van der Waals surface area contributed by atoms with E-state index in [0.29, 0.717) is 13.0 Å². The van der Waals surface area contributed by atoms with E-state index >= 15 is 0 Å². The Labute approximate surface area is 107 Å². The second-order valence-electron chi connectivity index (χ2n) is 4.94. The lowest BCUT2D eigenvalue weighted by atomic mass is 10.0. The van der Waals surface area contributed by atoms with Crippen molar-refractivity contribution in [2.45, 2.75) is 32.4 Å². The summed E-state index contributed by atoms with van der Waals surface area (Å²) in [5.74, 6) is 0.174. The molecule has 1 aliphatic heterocycles. The van der Waals surface area contributed by atoms with Crippen molar-refractivity contribution in [2.75, 3.05) is 6.54 Å². The highest BCUT2D eigenvalue weighted by atomic mass is 16.3. The van der Waals surface area contributed by atoms with Gasteiger partial charge in [-0.25, -0.2) is 0 Å². The van der Waals surface area contributed by atoms with Crippen LogP contribution in [-0.4, -0.2) is 23.4 Å². The van der Waals surface area contributed by atoms with Gasteiger partial charge in [-0.15, -0.1) is 0 Å². The maximum atomic E-state index is 12.0. The lowest BCUT2D eigenvalue weighted by Gasteiger charge is -2.25. The Hall–Kier alpha value is -1.71. The van der Waals surface area contributed by atoms with E-state index < -0.39 is 0 Å². The van der Waals surface area contributed by atoms with E-state index in [9.17, 15) is 9.70 Å². The molecular weight excluding hydrogens is 228 g/mol. The monoisotopic (exact) mass is 246 g/mol. The van der Waals surface area contributed by atoms with Gasteiger partial charge in [-0.2, -0.15) is 4.91 Å². The molecule has 1 heterocycles. The number of amides is 1. The molecule has 1 aliphatic rings. The third kappa shape index (κ3) is 2.42. The van der Waals surface area contributed by atoms with Crippen LogP contribution in [0.4, 0.5) is 0 Å². The van der Waals surface area contributed by atoms with E-state index in [0.717, 1.165) is 5.56 Å². The summed E-state index contributed by atoms with van der Waals surface area (Å²) < 4.78 is 0. The topological polar surface area (TPSA) is 49.7 Å². The van der Waals surface area contributed by atoms with Gasteiger partial charge in [0.05, 0.1) is 12.1 Å². The number of hydrogen-bond donors (Lipinski definition) is 0. The average Bonchev–Trinajstić information content (AvgIpc) is 2.80. The second kappa shape index (κ2) is 5.29. The summed E-state index contributed by atoms with van der Waals surface area (Å²) in [6.07, 6.45) is 0.435. The van der Waals surface area contributed by atoms with E-state index in [4.69, 9.17) is 0 Å². The molecule has 3 atom stereocenters. The van der Waals surface area contributed by atoms with Gasteiger partial charge < -0.3 is 4.90 Å². The number of hydrogen-bond acceptors (Lipinski definition) is 3. The Kier molecular flexibility index (Phi) is 3.75. The van der Waals surface area contributed by atoms with E-state index in [-0.39, 0.29) is 23.9 Å². The quantitative estimate of drug-likeness (QED) is 0.767. The summed E-state index contributed by atoms with van der Waals surface area (Å²) >= 11 is 0. The number of nitrogens with zero attached hydrogens (tertiary/aromatic N) is 2. The highest BCUT2D eigenvalue weighted by Crippen LogP contribution is 2.30. The van der Waals surface area contributed by atoms with Gasteiger partial charge in [0.1, 0.15) is 0 Å². The first-order valence-corrected chi connectivity index (χ1v) is 6.30. The summed E-state index contributed by atoms with van der Waals surface area (Å²) in [5.41, 5.74) is 1.12. The van der Waals surface area contributed by atoms with Crippen LogP contribution in [0.3, 0.4) is 0 Å². The zero-order chi connectivity index (χ0) is 13.1. The Morgan fingerprint density at radius 3 is 2.56 bits per heavy atom. The Morgan fingerprint density at radius 2 is 1.94 bits per heavy atom. The summed E-state index contributed by atoms with van der Waals surface area (Å²) in [4.78, 5) is 24.4. The SMILES string of the molecule is CC(N=O)[C@@H]1CC(=O)N([C@H](C)c2ccccc2)C1. The maximum absolute atomic E-state index is 12.0. The Balaban J connectivity index is 2.10. The lowest BCUT2D eigenvalue weighted by Crippen LogP contribution is -2.29. The molecule has 0 N–H and O–H groups in total. The molecule has 2 rings (SSSR count). The fraction of sp³-hybridized carbons (Fsp3) is 0.500. The van der Waals surface area contributed by atoms with Gasteiger partial charge in [0.15, 0.2) is 0 Å². The van der Waals surface area contributed by atoms with Crippen LogP contribution in [0.15, 0.2) is 35.5 Å². The minimum absolute atomic E-state index is 0.0566. The minimum atomic E-state index is -0.290. The number of nitroso groups, excluding NO2 is 1. The number of rotatable bonds is 4. The van der Waals surface area contributed by atoms with Crippen LogP contribution < -0.4 is 0 Å². The second-order valence-corrected chi connectivity index (χ2v) is 4.94. The highest BCUT2D eigenvalue weighted by Gasteiger charge is 2.36. The van der Waals surface area contributed by atoms with Crippen molar-refractivity contribution < 1.29 is 4.79 Å². The first kappa shape index (κ1) is 12.7. The number of carbonyl (C=O) groups excluding carboxylic acids is 1. The first-order chi connectivity index (χ1) is 8.63. The summed E-state index contributed by atoms with van der Waals surface area (Å²) in [6, 6.07) is 9.71. The molecule has 4 nitrogen and oxygen atoms in total. The highest BCUT2D eigenvalue weighted by molar-refractivity contribution is 5.79. The third-order valence-corrected chi connectivity index (χ3v) is 3.79. The molecule has 0 saturated carbocycles. The van der Waals surface area contributed by atoms with E-state index in [1.807, 2.05) is 42.2 Å². The zero-order valence-corrected chi connectivity index (χ0v) is 10.7. The fourth-order valence-electron chi connectivity index (χ4n) is 2.46. The van der Waals surface area contributed by atoms with Crippen molar-refractivity contribution in [2.24, 2.45) is 11.1 Å². The van der Waals surface area contributed by atoms with Crippen molar-refractivity contribution in [3.63, 3.8) is 0 Å². The fourth-order valence-corrected chi connectivity index (χ4v) is 2.46. The molecule has 0 aliphatic carbocycles.